The van der Waals surface area contributed by atoms with Crippen LogP contribution in [0.1, 0.15) is 28.8 Å². The molecule has 1 atom stereocenters. The number of carbonyl (C=O) groups excluding carboxylic acids is 1. The maximum atomic E-state index is 12.3. The number of aliphatic carboxylic acids is 1. The first-order valence-electron chi connectivity index (χ1n) is 5.90. The van der Waals surface area contributed by atoms with Crippen molar-refractivity contribution < 1.29 is 14.7 Å². The fourth-order valence-electron chi connectivity index (χ4n) is 2.28. The van der Waals surface area contributed by atoms with Crippen LogP contribution in [0.3, 0.4) is 0 Å². The van der Waals surface area contributed by atoms with Crippen LogP contribution in [0.4, 0.5) is 5.69 Å². The summed E-state index contributed by atoms with van der Waals surface area (Å²) in [5, 5.41) is 9.08. The summed E-state index contributed by atoms with van der Waals surface area (Å²) < 4.78 is 0. The number of hydrogen-bond donors (Lipinski definition) is 2. The first-order valence-corrected chi connectivity index (χ1v) is 5.90. The van der Waals surface area contributed by atoms with E-state index in [0.717, 1.165) is 5.56 Å². The Kier molecular flexibility index (Phi) is 3.23. The standard InChI is InChI=1S/C13H16N2O3/c1-8-4-5-10(14)9(7-8)12(16)15-6-2-3-11(15)13(17)18/h4-5,7,11H,2-3,6,14H2,1H3,(H,17,18)/t11-/m0/s1. The molecule has 0 saturated carbocycles. The lowest BCUT2D eigenvalue weighted by Gasteiger charge is -2.22. The average molecular weight is 248 g/mol. The number of carbonyl (C=O) groups is 2. The zero-order valence-electron chi connectivity index (χ0n) is 10.2. The molecule has 1 aliphatic heterocycles. The molecule has 0 aromatic heterocycles. The average Bonchev–Trinajstić information content (AvgIpc) is 2.80. The van der Waals surface area contributed by atoms with Gasteiger partial charge in [0.2, 0.25) is 0 Å². The van der Waals surface area contributed by atoms with Crippen LogP contribution in [0.5, 0.6) is 0 Å². The van der Waals surface area contributed by atoms with Gasteiger partial charge in [0.25, 0.3) is 5.91 Å². The van der Waals surface area contributed by atoms with Gasteiger partial charge in [0.05, 0.1) is 5.56 Å². The van der Waals surface area contributed by atoms with Gasteiger partial charge in [-0.1, -0.05) is 11.6 Å². The third-order valence-corrected chi connectivity index (χ3v) is 3.24. The van der Waals surface area contributed by atoms with Crippen LogP contribution in [0.25, 0.3) is 0 Å². The van der Waals surface area contributed by atoms with Crippen LogP contribution >= 0.6 is 0 Å². The van der Waals surface area contributed by atoms with E-state index in [1.807, 2.05) is 13.0 Å². The maximum absolute atomic E-state index is 12.3. The van der Waals surface area contributed by atoms with E-state index in [2.05, 4.69) is 0 Å². The summed E-state index contributed by atoms with van der Waals surface area (Å²) in [6.07, 6.45) is 1.22. The largest absolute Gasteiger partial charge is 0.480 e. The molecule has 0 radical (unpaired) electrons. The molecule has 1 fully saturated rings. The lowest BCUT2D eigenvalue weighted by molar-refractivity contribution is -0.141. The van der Waals surface area contributed by atoms with Gasteiger partial charge in [-0.3, -0.25) is 4.79 Å². The van der Waals surface area contributed by atoms with Crippen molar-refractivity contribution >= 4 is 17.6 Å². The van der Waals surface area contributed by atoms with Gasteiger partial charge in [-0.15, -0.1) is 0 Å². The summed E-state index contributed by atoms with van der Waals surface area (Å²) >= 11 is 0. The van der Waals surface area contributed by atoms with Gasteiger partial charge in [-0.05, 0) is 31.9 Å². The van der Waals surface area contributed by atoms with Crippen LogP contribution in [0, 0.1) is 6.92 Å². The van der Waals surface area contributed by atoms with Crippen molar-refractivity contribution in [3.05, 3.63) is 29.3 Å². The fraction of sp³-hybridized carbons (Fsp3) is 0.385. The molecule has 18 heavy (non-hydrogen) atoms. The Morgan fingerprint density at radius 1 is 1.44 bits per heavy atom. The van der Waals surface area contributed by atoms with E-state index in [1.165, 1.54) is 4.90 Å². The molecule has 0 aliphatic carbocycles. The molecule has 96 valence electrons. The molecular formula is C13H16N2O3. The first-order chi connectivity index (χ1) is 8.50. The van der Waals surface area contributed by atoms with Crippen molar-refractivity contribution in [1.82, 2.24) is 4.90 Å². The molecule has 0 bridgehead atoms. The number of nitrogens with two attached hydrogens (primary N) is 1. The quantitative estimate of drug-likeness (QED) is 0.772. The Labute approximate surface area is 105 Å². The van der Waals surface area contributed by atoms with E-state index in [-0.39, 0.29) is 5.91 Å². The summed E-state index contributed by atoms with van der Waals surface area (Å²) in [5.74, 6) is -1.24. The molecule has 1 aromatic rings. The van der Waals surface area contributed by atoms with E-state index in [1.54, 1.807) is 12.1 Å². The Morgan fingerprint density at radius 2 is 2.17 bits per heavy atom. The Bertz CT molecular complexity index is 499. The molecule has 5 nitrogen and oxygen atoms in total. The maximum Gasteiger partial charge on any atom is 0.326 e. The topological polar surface area (TPSA) is 83.6 Å². The highest BCUT2D eigenvalue weighted by atomic mass is 16.4. The van der Waals surface area contributed by atoms with Gasteiger partial charge in [-0.2, -0.15) is 0 Å². The van der Waals surface area contributed by atoms with Gasteiger partial charge in [0.15, 0.2) is 0 Å². The molecule has 0 unspecified atom stereocenters. The third kappa shape index (κ3) is 2.16. The Morgan fingerprint density at radius 3 is 2.83 bits per heavy atom. The van der Waals surface area contributed by atoms with Crippen molar-refractivity contribution in [1.29, 1.82) is 0 Å². The second kappa shape index (κ2) is 4.68. The predicted octanol–water partition coefficient (Wildman–Crippen LogP) is 1.27. The summed E-state index contributed by atoms with van der Waals surface area (Å²) in [6, 6.07) is 4.48. The smallest absolute Gasteiger partial charge is 0.326 e. The van der Waals surface area contributed by atoms with Crippen molar-refractivity contribution in [2.45, 2.75) is 25.8 Å². The number of nitrogen functional groups attached to an aromatic ring is 1. The highest BCUT2D eigenvalue weighted by Gasteiger charge is 2.34. The number of hydrogen-bond acceptors (Lipinski definition) is 3. The van der Waals surface area contributed by atoms with E-state index < -0.39 is 12.0 Å². The summed E-state index contributed by atoms with van der Waals surface area (Å²) in [5.41, 5.74) is 7.50. The van der Waals surface area contributed by atoms with Gasteiger partial charge in [0.1, 0.15) is 6.04 Å². The third-order valence-electron chi connectivity index (χ3n) is 3.24. The molecule has 1 aromatic carbocycles. The van der Waals surface area contributed by atoms with Crippen LogP contribution < -0.4 is 5.73 Å². The number of nitrogens with zero attached hydrogens (tertiary/aromatic N) is 1. The molecule has 5 heteroatoms. The highest BCUT2D eigenvalue weighted by Crippen LogP contribution is 2.23. The van der Waals surface area contributed by atoms with Gasteiger partial charge in [0, 0.05) is 12.2 Å². The highest BCUT2D eigenvalue weighted by molar-refractivity contribution is 6.01. The van der Waals surface area contributed by atoms with Crippen LogP contribution in [-0.4, -0.2) is 34.5 Å². The normalized spacial score (nSPS) is 18.9. The number of aryl methyl sites for hydroxylation is 1. The minimum Gasteiger partial charge on any atom is -0.480 e. The minimum absolute atomic E-state index is 0.291. The van der Waals surface area contributed by atoms with Gasteiger partial charge < -0.3 is 15.7 Å². The number of likely N-dealkylation sites (tertiary alicyclic amines) is 1. The first kappa shape index (κ1) is 12.4. The van der Waals surface area contributed by atoms with E-state index in [4.69, 9.17) is 10.8 Å². The monoisotopic (exact) mass is 248 g/mol. The molecule has 3 N–H and O–H groups in total. The molecule has 1 aliphatic rings. The summed E-state index contributed by atoms with van der Waals surface area (Å²) in [6.45, 7) is 2.35. The van der Waals surface area contributed by atoms with E-state index in [0.29, 0.717) is 30.6 Å². The Hall–Kier alpha value is -2.04. The van der Waals surface area contributed by atoms with Crippen molar-refractivity contribution in [3.63, 3.8) is 0 Å². The van der Waals surface area contributed by atoms with E-state index in [9.17, 15) is 9.59 Å². The fourth-order valence-corrected chi connectivity index (χ4v) is 2.28. The number of carboxylic acids is 1. The van der Waals surface area contributed by atoms with Crippen LogP contribution in [0.15, 0.2) is 18.2 Å². The number of amides is 1. The summed E-state index contributed by atoms with van der Waals surface area (Å²) in [4.78, 5) is 24.8. The molecule has 2 rings (SSSR count). The van der Waals surface area contributed by atoms with Gasteiger partial charge in [-0.25, -0.2) is 4.79 Å². The second-order valence-corrected chi connectivity index (χ2v) is 4.59. The minimum atomic E-state index is -0.952. The van der Waals surface area contributed by atoms with Crippen LogP contribution in [0.2, 0.25) is 0 Å². The molecule has 1 amide bonds. The number of rotatable bonds is 2. The molecule has 0 spiro atoms. The Balaban J connectivity index is 2.31. The van der Waals surface area contributed by atoms with Crippen LogP contribution in [-0.2, 0) is 4.79 Å². The predicted molar refractivity (Wildman–Crippen MR) is 67.3 cm³/mol. The van der Waals surface area contributed by atoms with E-state index >= 15 is 0 Å². The zero-order valence-corrected chi connectivity index (χ0v) is 10.2. The number of benzene rings is 1. The lowest BCUT2D eigenvalue weighted by atomic mass is 10.1. The SMILES string of the molecule is Cc1ccc(N)c(C(=O)N2CCC[C@H]2C(=O)O)c1. The molecule has 1 saturated heterocycles. The molecular weight excluding hydrogens is 232 g/mol. The molecule has 1 heterocycles. The van der Waals surface area contributed by atoms with Crippen molar-refractivity contribution in [3.8, 4) is 0 Å². The number of anilines is 1. The van der Waals surface area contributed by atoms with Crippen molar-refractivity contribution in [2.24, 2.45) is 0 Å². The van der Waals surface area contributed by atoms with Crippen molar-refractivity contribution in [2.75, 3.05) is 12.3 Å². The number of carboxylic acid groups (broad SMARTS) is 1. The zero-order chi connectivity index (χ0) is 13.3. The summed E-state index contributed by atoms with van der Waals surface area (Å²) in [7, 11) is 0. The lowest BCUT2D eigenvalue weighted by Crippen LogP contribution is -2.40. The second-order valence-electron chi connectivity index (χ2n) is 4.59. The van der Waals surface area contributed by atoms with Gasteiger partial charge >= 0.3 is 5.97 Å².